The van der Waals surface area contributed by atoms with Crippen molar-refractivity contribution in [2.24, 2.45) is 0 Å². The maximum absolute atomic E-state index is 9.68. The monoisotopic (exact) mass is 213 g/mol. The smallest absolute Gasteiger partial charge is 0.142 e. The predicted octanol–water partition coefficient (Wildman–Crippen LogP) is 2.90. The molecule has 2 aromatic carbocycles. The van der Waals surface area contributed by atoms with Crippen molar-refractivity contribution >= 4 is 11.4 Å². The summed E-state index contributed by atoms with van der Waals surface area (Å²) in [6.07, 6.45) is 0. The van der Waals surface area contributed by atoms with Gasteiger partial charge >= 0.3 is 0 Å². The van der Waals surface area contributed by atoms with Crippen LogP contribution in [0.1, 0.15) is 5.56 Å². The highest BCUT2D eigenvalue weighted by Gasteiger charge is 2.05. The highest BCUT2D eigenvalue weighted by molar-refractivity contribution is 5.71. The second-order valence-electron chi connectivity index (χ2n) is 3.39. The van der Waals surface area contributed by atoms with Crippen molar-refractivity contribution in [1.82, 2.24) is 0 Å². The number of para-hydroxylation sites is 3. The van der Waals surface area contributed by atoms with Crippen LogP contribution in [0.2, 0.25) is 0 Å². The SMILES string of the molecule is [CH]c1cccc(Nc2ccccc2O)c1O. The largest absolute Gasteiger partial charge is 0.506 e. The lowest BCUT2D eigenvalue weighted by Crippen LogP contribution is -1.91. The predicted molar refractivity (Wildman–Crippen MR) is 62.9 cm³/mol. The quantitative estimate of drug-likeness (QED) is 0.672. The maximum atomic E-state index is 9.68. The summed E-state index contributed by atoms with van der Waals surface area (Å²) in [5, 5.41) is 22.1. The summed E-state index contributed by atoms with van der Waals surface area (Å²) in [4.78, 5) is 0. The molecule has 2 aromatic rings. The van der Waals surface area contributed by atoms with E-state index in [1.807, 2.05) is 0 Å². The summed E-state index contributed by atoms with van der Waals surface area (Å²) >= 11 is 0. The summed E-state index contributed by atoms with van der Waals surface area (Å²) in [5.41, 5.74) is 1.27. The van der Waals surface area contributed by atoms with Crippen molar-refractivity contribution in [3.63, 3.8) is 0 Å². The van der Waals surface area contributed by atoms with Crippen LogP contribution < -0.4 is 5.32 Å². The van der Waals surface area contributed by atoms with E-state index in [1.165, 1.54) is 0 Å². The molecule has 0 amide bonds. The highest BCUT2D eigenvalue weighted by Crippen LogP contribution is 2.32. The molecule has 0 saturated carbocycles. The van der Waals surface area contributed by atoms with Crippen LogP contribution in [-0.4, -0.2) is 10.2 Å². The summed E-state index contributed by atoms with van der Waals surface area (Å²) in [7, 11) is 0. The minimum Gasteiger partial charge on any atom is -0.506 e. The van der Waals surface area contributed by atoms with E-state index < -0.39 is 0 Å². The zero-order chi connectivity index (χ0) is 11.5. The van der Waals surface area contributed by atoms with E-state index in [-0.39, 0.29) is 11.5 Å². The lowest BCUT2D eigenvalue weighted by molar-refractivity contribution is 0.473. The number of phenolic OH excluding ortho intramolecular Hbond substituents is 2. The molecule has 0 atom stereocenters. The van der Waals surface area contributed by atoms with E-state index in [0.29, 0.717) is 16.9 Å². The Morgan fingerprint density at radius 1 is 0.875 bits per heavy atom. The standard InChI is InChI=1S/C13H11NO2/c1-9-5-4-7-11(13(9)16)14-10-6-2-3-8-12(10)15/h1-8,14-16H. The zero-order valence-corrected chi connectivity index (χ0v) is 8.51. The first kappa shape index (κ1) is 10.4. The molecule has 3 heteroatoms. The molecule has 0 aromatic heterocycles. The van der Waals surface area contributed by atoms with Gasteiger partial charge in [0.2, 0.25) is 0 Å². The molecule has 0 aliphatic heterocycles. The van der Waals surface area contributed by atoms with Crippen LogP contribution in [0.15, 0.2) is 42.5 Å². The van der Waals surface area contributed by atoms with Crippen LogP contribution in [0.25, 0.3) is 0 Å². The molecule has 0 bridgehead atoms. The summed E-state index contributed by atoms with van der Waals surface area (Å²) < 4.78 is 0. The van der Waals surface area contributed by atoms with E-state index in [9.17, 15) is 10.2 Å². The minimum atomic E-state index is -0.0225. The topological polar surface area (TPSA) is 52.5 Å². The molecule has 0 spiro atoms. The molecule has 0 fully saturated rings. The first-order valence-corrected chi connectivity index (χ1v) is 4.81. The molecule has 3 nitrogen and oxygen atoms in total. The Hall–Kier alpha value is -2.16. The van der Waals surface area contributed by atoms with Crippen LogP contribution >= 0.6 is 0 Å². The number of benzene rings is 2. The second-order valence-corrected chi connectivity index (χ2v) is 3.39. The van der Waals surface area contributed by atoms with Gasteiger partial charge in [-0.15, -0.1) is 0 Å². The normalized spacial score (nSPS) is 10.1. The summed E-state index contributed by atoms with van der Waals surface area (Å²) in [6, 6.07) is 11.8. The molecule has 0 heterocycles. The van der Waals surface area contributed by atoms with Gasteiger partial charge in [-0.3, -0.25) is 0 Å². The van der Waals surface area contributed by atoms with Crippen LogP contribution in [0.5, 0.6) is 11.5 Å². The van der Waals surface area contributed by atoms with Crippen molar-refractivity contribution < 1.29 is 10.2 Å². The molecular weight excluding hydrogens is 202 g/mol. The third-order valence-corrected chi connectivity index (χ3v) is 2.24. The van der Waals surface area contributed by atoms with Gasteiger partial charge in [-0.2, -0.15) is 0 Å². The Bertz CT molecular complexity index is 509. The fourth-order valence-electron chi connectivity index (χ4n) is 1.39. The van der Waals surface area contributed by atoms with Crippen molar-refractivity contribution in [3.8, 4) is 11.5 Å². The van der Waals surface area contributed by atoms with Crippen LogP contribution in [0.4, 0.5) is 11.4 Å². The van der Waals surface area contributed by atoms with E-state index >= 15 is 0 Å². The Labute approximate surface area is 94.0 Å². The van der Waals surface area contributed by atoms with Crippen molar-refractivity contribution in [2.75, 3.05) is 5.32 Å². The molecule has 80 valence electrons. The highest BCUT2D eigenvalue weighted by atomic mass is 16.3. The van der Waals surface area contributed by atoms with Gasteiger partial charge in [0.05, 0.1) is 11.4 Å². The number of hydrogen-bond donors (Lipinski definition) is 3. The Morgan fingerprint density at radius 3 is 2.31 bits per heavy atom. The average Bonchev–Trinajstić information content (AvgIpc) is 2.28. The number of hydrogen-bond acceptors (Lipinski definition) is 3. The Balaban J connectivity index is 2.35. The Morgan fingerprint density at radius 2 is 1.56 bits per heavy atom. The molecule has 0 unspecified atom stereocenters. The molecule has 3 N–H and O–H groups in total. The average molecular weight is 213 g/mol. The van der Waals surface area contributed by atoms with Crippen LogP contribution in [0.3, 0.4) is 0 Å². The number of nitrogens with one attached hydrogen (secondary N) is 1. The van der Waals surface area contributed by atoms with Gasteiger partial charge in [-0.1, -0.05) is 24.3 Å². The fraction of sp³-hybridized carbons (Fsp3) is 0. The van der Waals surface area contributed by atoms with E-state index in [2.05, 4.69) is 5.32 Å². The lowest BCUT2D eigenvalue weighted by Gasteiger charge is -2.10. The first-order valence-electron chi connectivity index (χ1n) is 4.81. The molecular formula is C13H11NO2. The molecule has 2 rings (SSSR count). The minimum absolute atomic E-state index is 0.0225. The van der Waals surface area contributed by atoms with Crippen LogP contribution in [-0.2, 0) is 0 Å². The van der Waals surface area contributed by atoms with E-state index in [4.69, 9.17) is 6.92 Å². The molecule has 16 heavy (non-hydrogen) atoms. The second kappa shape index (κ2) is 4.14. The van der Waals surface area contributed by atoms with Gasteiger partial charge in [0, 0.05) is 12.5 Å². The number of anilines is 2. The van der Waals surface area contributed by atoms with Crippen molar-refractivity contribution in [2.45, 2.75) is 0 Å². The number of aromatic hydroxyl groups is 2. The lowest BCUT2D eigenvalue weighted by atomic mass is 10.2. The molecule has 0 aliphatic carbocycles. The Kier molecular flexibility index (Phi) is 2.68. The van der Waals surface area contributed by atoms with Crippen molar-refractivity contribution in [3.05, 3.63) is 55.0 Å². The van der Waals surface area contributed by atoms with Gasteiger partial charge in [0.25, 0.3) is 0 Å². The maximum Gasteiger partial charge on any atom is 0.142 e. The zero-order valence-electron chi connectivity index (χ0n) is 8.51. The summed E-state index contributed by atoms with van der Waals surface area (Å²) in [6.45, 7) is 5.56. The number of rotatable bonds is 2. The van der Waals surface area contributed by atoms with Crippen LogP contribution in [0, 0.1) is 6.92 Å². The molecule has 2 radical (unpaired) electrons. The third-order valence-electron chi connectivity index (χ3n) is 2.24. The third kappa shape index (κ3) is 1.93. The van der Waals surface area contributed by atoms with Gasteiger partial charge in [0.15, 0.2) is 0 Å². The summed E-state index contributed by atoms with van der Waals surface area (Å²) in [5.74, 6) is 0.0927. The molecule has 0 aliphatic rings. The van der Waals surface area contributed by atoms with Gasteiger partial charge < -0.3 is 15.5 Å². The van der Waals surface area contributed by atoms with E-state index in [1.54, 1.807) is 42.5 Å². The fourth-order valence-corrected chi connectivity index (χ4v) is 1.39. The van der Waals surface area contributed by atoms with Crippen molar-refractivity contribution in [1.29, 1.82) is 0 Å². The van der Waals surface area contributed by atoms with Gasteiger partial charge in [-0.25, -0.2) is 0 Å². The van der Waals surface area contributed by atoms with Gasteiger partial charge in [-0.05, 0) is 18.2 Å². The molecule has 0 saturated heterocycles. The first-order chi connectivity index (χ1) is 7.68. The van der Waals surface area contributed by atoms with E-state index in [0.717, 1.165) is 0 Å². The number of phenols is 2. The van der Waals surface area contributed by atoms with Gasteiger partial charge in [0.1, 0.15) is 11.5 Å².